The number of rotatable bonds is 7. The highest BCUT2D eigenvalue weighted by Gasteiger charge is 2.22. The van der Waals surface area contributed by atoms with E-state index >= 15 is 0 Å². The first-order valence-corrected chi connectivity index (χ1v) is 8.89. The summed E-state index contributed by atoms with van der Waals surface area (Å²) >= 11 is 0. The molecule has 0 aliphatic heterocycles. The molecule has 0 amide bonds. The van der Waals surface area contributed by atoms with E-state index in [0.29, 0.717) is 19.1 Å². The van der Waals surface area contributed by atoms with Crippen LogP contribution in [0.5, 0.6) is 5.75 Å². The fourth-order valence-corrected chi connectivity index (χ4v) is 3.75. The Morgan fingerprint density at radius 2 is 1.33 bits per heavy atom. The van der Waals surface area contributed by atoms with E-state index in [-0.39, 0.29) is 6.10 Å². The Labute approximate surface area is 146 Å². The van der Waals surface area contributed by atoms with Gasteiger partial charge in [-0.1, -0.05) is 0 Å². The highest BCUT2D eigenvalue weighted by Crippen LogP contribution is 2.35. The molecule has 1 aromatic rings. The number of methoxy groups -OCH3 is 2. The monoisotopic (exact) mass is 336 g/mol. The van der Waals surface area contributed by atoms with Gasteiger partial charge < -0.3 is 19.3 Å². The van der Waals surface area contributed by atoms with Crippen molar-refractivity contribution >= 4 is 0 Å². The lowest BCUT2D eigenvalue weighted by atomic mass is 9.88. The van der Waals surface area contributed by atoms with Crippen LogP contribution in [0.2, 0.25) is 0 Å². The standard InChI is InChI=1S/C20H32O4/c1-13-18(11-22-4)14(2)20(15(3)19(13)12-23-5)24-10-16-6-8-17(21)9-7-16/h16-17,21H,6-12H2,1-5H3. The van der Waals surface area contributed by atoms with Crippen molar-refractivity contribution in [3.8, 4) is 5.75 Å². The summed E-state index contributed by atoms with van der Waals surface area (Å²) in [6.45, 7) is 8.25. The van der Waals surface area contributed by atoms with E-state index in [1.54, 1.807) is 14.2 Å². The molecule has 1 fully saturated rings. The van der Waals surface area contributed by atoms with Crippen molar-refractivity contribution in [2.24, 2.45) is 5.92 Å². The molecule has 0 unspecified atom stereocenters. The van der Waals surface area contributed by atoms with Crippen molar-refractivity contribution < 1.29 is 19.3 Å². The molecule has 0 heterocycles. The fraction of sp³-hybridized carbons (Fsp3) is 0.700. The molecular formula is C20H32O4. The Hall–Kier alpha value is -1.10. The summed E-state index contributed by atoms with van der Waals surface area (Å²) in [7, 11) is 3.45. The minimum atomic E-state index is -0.120. The Morgan fingerprint density at radius 1 is 0.833 bits per heavy atom. The average molecular weight is 336 g/mol. The van der Waals surface area contributed by atoms with Gasteiger partial charge in [0.05, 0.1) is 25.9 Å². The Kier molecular flexibility index (Phi) is 7.08. The van der Waals surface area contributed by atoms with E-state index in [1.165, 1.54) is 27.8 Å². The van der Waals surface area contributed by atoms with Crippen molar-refractivity contribution in [1.82, 2.24) is 0 Å². The van der Waals surface area contributed by atoms with E-state index in [4.69, 9.17) is 14.2 Å². The maximum absolute atomic E-state index is 9.65. The minimum Gasteiger partial charge on any atom is -0.493 e. The Balaban J connectivity index is 2.23. The summed E-state index contributed by atoms with van der Waals surface area (Å²) in [5.74, 6) is 1.51. The van der Waals surface area contributed by atoms with Crippen LogP contribution in [0.15, 0.2) is 0 Å². The van der Waals surface area contributed by atoms with E-state index in [2.05, 4.69) is 20.8 Å². The van der Waals surface area contributed by atoms with Gasteiger partial charge in [-0.25, -0.2) is 0 Å². The van der Waals surface area contributed by atoms with Crippen LogP contribution in [0.1, 0.15) is 53.5 Å². The van der Waals surface area contributed by atoms with Crippen LogP contribution >= 0.6 is 0 Å². The van der Waals surface area contributed by atoms with Crippen LogP contribution in [-0.2, 0) is 22.7 Å². The molecule has 0 saturated heterocycles. The van der Waals surface area contributed by atoms with Gasteiger partial charge in [-0.15, -0.1) is 0 Å². The summed E-state index contributed by atoms with van der Waals surface area (Å²) < 4.78 is 17.1. The van der Waals surface area contributed by atoms with Gasteiger partial charge in [0.15, 0.2) is 0 Å². The van der Waals surface area contributed by atoms with Crippen LogP contribution < -0.4 is 4.74 Å². The summed E-state index contributed by atoms with van der Waals surface area (Å²) in [4.78, 5) is 0. The second-order valence-corrected chi connectivity index (χ2v) is 7.01. The van der Waals surface area contributed by atoms with Gasteiger partial charge >= 0.3 is 0 Å². The fourth-order valence-electron chi connectivity index (χ4n) is 3.75. The lowest BCUT2D eigenvalue weighted by Crippen LogP contribution is -2.23. The molecule has 0 atom stereocenters. The van der Waals surface area contributed by atoms with Gasteiger partial charge in [0, 0.05) is 14.2 Å². The second-order valence-electron chi connectivity index (χ2n) is 7.01. The van der Waals surface area contributed by atoms with Gasteiger partial charge in [-0.3, -0.25) is 0 Å². The van der Waals surface area contributed by atoms with Crippen molar-refractivity contribution in [2.45, 2.75) is 65.8 Å². The van der Waals surface area contributed by atoms with Crippen LogP contribution in [0.25, 0.3) is 0 Å². The molecule has 4 nitrogen and oxygen atoms in total. The lowest BCUT2D eigenvalue weighted by molar-refractivity contribution is 0.0912. The number of hydrogen-bond donors (Lipinski definition) is 1. The molecule has 0 spiro atoms. The summed E-state index contributed by atoms with van der Waals surface area (Å²) in [6, 6.07) is 0. The molecule has 1 saturated carbocycles. The second kappa shape index (κ2) is 8.84. The van der Waals surface area contributed by atoms with Crippen LogP contribution in [0, 0.1) is 26.7 Å². The summed E-state index contributed by atoms with van der Waals surface area (Å²) in [5, 5.41) is 9.65. The number of benzene rings is 1. The maximum Gasteiger partial charge on any atom is 0.125 e. The molecule has 0 radical (unpaired) electrons. The number of aliphatic hydroxyl groups is 1. The third-order valence-electron chi connectivity index (χ3n) is 5.35. The van der Waals surface area contributed by atoms with Crippen LogP contribution in [0.3, 0.4) is 0 Å². The zero-order valence-corrected chi connectivity index (χ0v) is 15.8. The molecule has 1 N–H and O–H groups in total. The molecule has 0 aromatic heterocycles. The maximum atomic E-state index is 9.65. The normalized spacial score (nSPS) is 21.1. The zero-order valence-electron chi connectivity index (χ0n) is 15.8. The smallest absolute Gasteiger partial charge is 0.125 e. The molecule has 1 aliphatic rings. The average Bonchev–Trinajstić information content (AvgIpc) is 2.57. The van der Waals surface area contributed by atoms with Crippen molar-refractivity contribution in [3.05, 3.63) is 27.8 Å². The summed E-state index contributed by atoms with van der Waals surface area (Å²) in [6.07, 6.45) is 3.75. The molecule has 136 valence electrons. The van der Waals surface area contributed by atoms with E-state index in [1.807, 2.05) is 0 Å². The van der Waals surface area contributed by atoms with Gasteiger partial charge in [-0.2, -0.15) is 0 Å². The van der Waals surface area contributed by atoms with Gasteiger partial charge in [0.2, 0.25) is 0 Å². The Morgan fingerprint density at radius 3 is 1.79 bits per heavy atom. The number of aliphatic hydroxyl groups excluding tert-OH is 1. The molecule has 1 aliphatic carbocycles. The summed E-state index contributed by atoms with van der Waals surface area (Å²) in [5.41, 5.74) is 5.97. The third-order valence-corrected chi connectivity index (χ3v) is 5.35. The number of ether oxygens (including phenoxy) is 3. The van der Waals surface area contributed by atoms with E-state index in [9.17, 15) is 5.11 Å². The molecule has 24 heavy (non-hydrogen) atoms. The third kappa shape index (κ3) is 4.29. The highest BCUT2D eigenvalue weighted by molar-refractivity contribution is 5.54. The predicted molar refractivity (Wildman–Crippen MR) is 95.5 cm³/mol. The zero-order chi connectivity index (χ0) is 17.7. The molecule has 0 bridgehead atoms. The lowest BCUT2D eigenvalue weighted by Gasteiger charge is -2.27. The Bertz CT molecular complexity index is 512. The quantitative estimate of drug-likeness (QED) is 0.822. The highest BCUT2D eigenvalue weighted by atomic mass is 16.5. The van der Waals surface area contributed by atoms with Crippen LogP contribution in [0.4, 0.5) is 0 Å². The van der Waals surface area contributed by atoms with Crippen LogP contribution in [-0.4, -0.2) is 32.0 Å². The van der Waals surface area contributed by atoms with Gasteiger partial charge in [0.25, 0.3) is 0 Å². The minimum absolute atomic E-state index is 0.120. The first-order chi connectivity index (χ1) is 11.5. The van der Waals surface area contributed by atoms with Crippen molar-refractivity contribution in [3.63, 3.8) is 0 Å². The van der Waals surface area contributed by atoms with Crippen molar-refractivity contribution in [2.75, 3.05) is 20.8 Å². The molecular weight excluding hydrogens is 304 g/mol. The molecule has 2 rings (SSSR count). The van der Waals surface area contributed by atoms with Crippen molar-refractivity contribution in [1.29, 1.82) is 0 Å². The predicted octanol–water partition coefficient (Wildman–Crippen LogP) is 3.83. The SMILES string of the molecule is COCc1c(C)c(COC)c(C)c(OCC2CCC(O)CC2)c1C. The topological polar surface area (TPSA) is 47.9 Å². The van der Waals surface area contributed by atoms with Gasteiger partial charge in [0.1, 0.15) is 5.75 Å². The largest absolute Gasteiger partial charge is 0.493 e. The first kappa shape index (κ1) is 19.2. The number of hydrogen-bond acceptors (Lipinski definition) is 4. The van der Waals surface area contributed by atoms with E-state index < -0.39 is 0 Å². The first-order valence-electron chi connectivity index (χ1n) is 8.89. The molecule has 1 aromatic carbocycles. The molecule has 4 heteroatoms. The van der Waals surface area contributed by atoms with E-state index in [0.717, 1.165) is 38.0 Å². The van der Waals surface area contributed by atoms with Gasteiger partial charge in [-0.05, 0) is 80.2 Å².